The Balaban J connectivity index is 2.33. The number of benzene rings is 1. The number of ether oxygens (including phenoxy) is 3. The highest BCUT2D eigenvalue weighted by Gasteiger charge is 2.10. The molecule has 0 aliphatic rings. The Bertz CT molecular complexity index is 446. The number of hydrogen-bond donors (Lipinski definition) is 1. The number of hydrogen-bond acceptors (Lipinski definition) is 5. The smallest absolute Gasteiger partial charge is 0.338 e. The van der Waals surface area contributed by atoms with Crippen LogP contribution in [0.5, 0.6) is 5.75 Å². The van der Waals surface area contributed by atoms with Crippen molar-refractivity contribution in [3.63, 3.8) is 0 Å². The summed E-state index contributed by atoms with van der Waals surface area (Å²) in [5.74, 6) is 0.780. The fraction of sp³-hybridized carbons (Fsp3) is 0.562. The fourth-order valence-electron chi connectivity index (χ4n) is 1.66. The van der Waals surface area contributed by atoms with Crippen LogP contribution < -0.4 is 10.5 Å². The quantitative estimate of drug-likeness (QED) is 0.431. The normalized spacial score (nSPS) is 10.7. The third kappa shape index (κ3) is 6.49. The van der Waals surface area contributed by atoms with Crippen molar-refractivity contribution in [1.29, 1.82) is 0 Å². The lowest BCUT2D eigenvalue weighted by Gasteiger charge is -2.09. The SMILES string of the molecule is CCOc1ccc(C(=O)OCCOCCC(C)C)cc1N. The maximum Gasteiger partial charge on any atom is 0.338 e. The van der Waals surface area contributed by atoms with Crippen molar-refractivity contribution in [1.82, 2.24) is 0 Å². The molecule has 0 spiro atoms. The topological polar surface area (TPSA) is 70.8 Å². The maximum absolute atomic E-state index is 11.8. The van der Waals surface area contributed by atoms with Crippen LogP contribution in [-0.4, -0.2) is 32.4 Å². The molecule has 5 heteroatoms. The third-order valence-electron chi connectivity index (χ3n) is 2.85. The second kappa shape index (κ2) is 9.23. The summed E-state index contributed by atoms with van der Waals surface area (Å²) >= 11 is 0. The molecule has 0 radical (unpaired) electrons. The molecule has 0 atom stereocenters. The van der Waals surface area contributed by atoms with Crippen LogP contribution in [-0.2, 0) is 9.47 Å². The summed E-state index contributed by atoms with van der Waals surface area (Å²) in [7, 11) is 0. The largest absolute Gasteiger partial charge is 0.492 e. The predicted molar refractivity (Wildman–Crippen MR) is 82.6 cm³/mol. The lowest BCUT2D eigenvalue weighted by Crippen LogP contribution is -2.12. The first-order valence-electron chi connectivity index (χ1n) is 7.31. The van der Waals surface area contributed by atoms with E-state index in [9.17, 15) is 4.79 Å². The first-order chi connectivity index (χ1) is 10.0. The Kier molecular flexibility index (Phi) is 7.61. The molecule has 2 N–H and O–H groups in total. The summed E-state index contributed by atoms with van der Waals surface area (Å²) < 4.78 is 15.8. The van der Waals surface area contributed by atoms with Crippen LogP contribution in [0.4, 0.5) is 5.69 Å². The Morgan fingerprint density at radius 3 is 2.62 bits per heavy atom. The predicted octanol–water partition coefficient (Wildman–Crippen LogP) is 2.89. The number of rotatable bonds is 9. The van der Waals surface area contributed by atoms with Crippen LogP contribution in [0.25, 0.3) is 0 Å². The molecule has 1 rings (SSSR count). The second-order valence-electron chi connectivity index (χ2n) is 5.12. The highest BCUT2D eigenvalue weighted by atomic mass is 16.6. The van der Waals surface area contributed by atoms with E-state index in [0.29, 0.717) is 42.7 Å². The Labute approximate surface area is 126 Å². The zero-order valence-electron chi connectivity index (χ0n) is 13.1. The molecular formula is C16H25NO4. The first kappa shape index (κ1) is 17.3. The summed E-state index contributed by atoms with van der Waals surface area (Å²) in [6.45, 7) is 8.02. The second-order valence-corrected chi connectivity index (χ2v) is 5.12. The minimum absolute atomic E-state index is 0.240. The maximum atomic E-state index is 11.8. The van der Waals surface area contributed by atoms with E-state index in [1.807, 2.05) is 6.92 Å². The van der Waals surface area contributed by atoms with Gasteiger partial charge in [0.05, 0.1) is 24.5 Å². The summed E-state index contributed by atoms with van der Waals surface area (Å²) in [6.07, 6.45) is 1.00. The molecule has 0 amide bonds. The number of carbonyl (C=O) groups is 1. The van der Waals surface area contributed by atoms with Crippen LogP contribution in [0, 0.1) is 5.92 Å². The molecule has 0 heterocycles. The molecule has 0 unspecified atom stereocenters. The van der Waals surface area contributed by atoms with E-state index in [-0.39, 0.29) is 6.61 Å². The van der Waals surface area contributed by atoms with Gasteiger partial charge in [0.25, 0.3) is 0 Å². The van der Waals surface area contributed by atoms with Gasteiger partial charge in [0.15, 0.2) is 0 Å². The lowest BCUT2D eigenvalue weighted by atomic mass is 10.1. The van der Waals surface area contributed by atoms with Crippen molar-refractivity contribution in [2.45, 2.75) is 27.2 Å². The highest BCUT2D eigenvalue weighted by molar-refractivity contribution is 5.91. The van der Waals surface area contributed by atoms with Gasteiger partial charge in [-0.05, 0) is 37.5 Å². The summed E-state index contributed by atoms with van der Waals surface area (Å²) in [4.78, 5) is 11.8. The van der Waals surface area contributed by atoms with Crippen molar-refractivity contribution in [3.8, 4) is 5.75 Å². The van der Waals surface area contributed by atoms with Crippen LogP contribution in [0.1, 0.15) is 37.6 Å². The van der Waals surface area contributed by atoms with Crippen molar-refractivity contribution >= 4 is 11.7 Å². The molecule has 118 valence electrons. The van der Waals surface area contributed by atoms with Crippen LogP contribution in [0.3, 0.4) is 0 Å². The molecule has 1 aromatic rings. The summed E-state index contributed by atoms with van der Waals surface area (Å²) in [6, 6.07) is 4.88. The van der Waals surface area contributed by atoms with Gasteiger partial charge in [-0.3, -0.25) is 0 Å². The van der Waals surface area contributed by atoms with Gasteiger partial charge >= 0.3 is 5.97 Å². The average Bonchev–Trinajstić information content (AvgIpc) is 2.44. The van der Waals surface area contributed by atoms with Crippen molar-refractivity contribution in [2.75, 3.05) is 32.2 Å². The van der Waals surface area contributed by atoms with E-state index < -0.39 is 5.97 Å². The summed E-state index contributed by atoms with van der Waals surface area (Å²) in [5, 5.41) is 0. The standard InChI is InChI=1S/C16H25NO4/c1-4-20-15-6-5-13(11-14(15)17)16(18)21-10-9-19-8-7-12(2)3/h5-6,11-12H,4,7-10,17H2,1-3H3. The van der Waals surface area contributed by atoms with Crippen molar-refractivity contribution in [2.24, 2.45) is 5.92 Å². The fourth-order valence-corrected chi connectivity index (χ4v) is 1.66. The van der Waals surface area contributed by atoms with Crippen LogP contribution >= 0.6 is 0 Å². The Morgan fingerprint density at radius 1 is 1.24 bits per heavy atom. The first-order valence-corrected chi connectivity index (χ1v) is 7.31. The molecule has 0 aliphatic heterocycles. The van der Waals surface area contributed by atoms with Crippen LogP contribution in [0.15, 0.2) is 18.2 Å². The van der Waals surface area contributed by atoms with Gasteiger partial charge in [-0.2, -0.15) is 0 Å². The van der Waals surface area contributed by atoms with Crippen molar-refractivity contribution < 1.29 is 19.0 Å². The lowest BCUT2D eigenvalue weighted by molar-refractivity contribution is 0.0303. The highest BCUT2D eigenvalue weighted by Crippen LogP contribution is 2.22. The molecule has 0 bridgehead atoms. The number of esters is 1. The van der Waals surface area contributed by atoms with Gasteiger partial charge in [0.1, 0.15) is 12.4 Å². The van der Waals surface area contributed by atoms with E-state index in [4.69, 9.17) is 19.9 Å². The molecule has 0 aromatic heterocycles. The molecule has 1 aromatic carbocycles. The molecule has 21 heavy (non-hydrogen) atoms. The Hall–Kier alpha value is -1.75. The molecule has 0 fully saturated rings. The number of carbonyl (C=O) groups excluding carboxylic acids is 1. The molecule has 0 aliphatic carbocycles. The van der Waals surface area contributed by atoms with E-state index >= 15 is 0 Å². The van der Waals surface area contributed by atoms with Gasteiger partial charge in [-0.25, -0.2) is 4.79 Å². The zero-order valence-corrected chi connectivity index (χ0v) is 13.1. The van der Waals surface area contributed by atoms with Gasteiger partial charge < -0.3 is 19.9 Å². The number of anilines is 1. The third-order valence-corrected chi connectivity index (χ3v) is 2.85. The molecular weight excluding hydrogens is 270 g/mol. The van der Waals surface area contributed by atoms with Gasteiger partial charge in [-0.15, -0.1) is 0 Å². The minimum atomic E-state index is -0.405. The van der Waals surface area contributed by atoms with E-state index in [0.717, 1.165) is 6.42 Å². The summed E-state index contributed by atoms with van der Waals surface area (Å²) in [5.41, 5.74) is 6.66. The van der Waals surface area contributed by atoms with Gasteiger partial charge in [0, 0.05) is 6.61 Å². The van der Waals surface area contributed by atoms with E-state index in [1.54, 1.807) is 18.2 Å². The van der Waals surface area contributed by atoms with Crippen molar-refractivity contribution in [3.05, 3.63) is 23.8 Å². The Morgan fingerprint density at radius 2 is 2.00 bits per heavy atom. The zero-order chi connectivity index (χ0) is 15.7. The number of nitrogen functional groups attached to an aromatic ring is 1. The van der Waals surface area contributed by atoms with E-state index in [1.165, 1.54) is 0 Å². The van der Waals surface area contributed by atoms with Gasteiger partial charge in [0.2, 0.25) is 0 Å². The molecule has 0 saturated heterocycles. The van der Waals surface area contributed by atoms with Gasteiger partial charge in [-0.1, -0.05) is 13.8 Å². The number of nitrogens with two attached hydrogens (primary N) is 1. The minimum Gasteiger partial charge on any atom is -0.492 e. The monoisotopic (exact) mass is 295 g/mol. The molecule has 0 saturated carbocycles. The van der Waals surface area contributed by atoms with E-state index in [2.05, 4.69) is 13.8 Å². The molecule has 5 nitrogen and oxygen atoms in total. The average molecular weight is 295 g/mol. The van der Waals surface area contributed by atoms with Crippen LogP contribution in [0.2, 0.25) is 0 Å².